The van der Waals surface area contributed by atoms with Gasteiger partial charge in [-0.3, -0.25) is 19.7 Å². The summed E-state index contributed by atoms with van der Waals surface area (Å²) >= 11 is 0. The second kappa shape index (κ2) is 7.91. The number of carboxylic acid groups (broad SMARTS) is 1. The van der Waals surface area contributed by atoms with Crippen LogP contribution in [0.5, 0.6) is 0 Å². The molecule has 2 aliphatic rings. The van der Waals surface area contributed by atoms with Gasteiger partial charge in [0.15, 0.2) is 0 Å². The van der Waals surface area contributed by atoms with Crippen molar-refractivity contribution in [2.45, 2.75) is 13.3 Å². The molecule has 1 aromatic carbocycles. The highest BCUT2D eigenvalue weighted by molar-refractivity contribution is 6.02. The molecular weight excluding hydrogens is 354 g/mol. The highest BCUT2D eigenvalue weighted by Gasteiger charge is 2.35. The van der Waals surface area contributed by atoms with E-state index in [2.05, 4.69) is 0 Å². The zero-order chi connectivity index (χ0) is 19.6. The molecule has 1 amide bonds. The molecule has 0 saturated carbocycles. The maximum absolute atomic E-state index is 13.2. The van der Waals surface area contributed by atoms with Gasteiger partial charge in [0, 0.05) is 32.2 Å². The molecule has 3 rings (SSSR count). The lowest BCUT2D eigenvalue weighted by molar-refractivity contribution is -0.384. The standard InChI is InChI=1S/C18H23N3O6/c1-12-9-13(18(23)24)11-20(10-12)17(22)14-3-2-4-15(21(25)26)16(14)19-5-7-27-8-6-19/h2-4,12-13H,5-11H2,1H3,(H,23,24). The van der Waals surface area contributed by atoms with Crippen molar-refractivity contribution >= 4 is 23.3 Å². The maximum Gasteiger partial charge on any atom is 0.308 e. The van der Waals surface area contributed by atoms with E-state index in [0.717, 1.165) is 0 Å². The van der Waals surface area contributed by atoms with Crippen LogP contribution in [-0.2, 0) is 9.53 Å². The molecule has 2 heterocycles. The van der Waals surface area contributed by atoms with Crippen molar-refractivity contribution < 1.29 is 24.4 Å². The van der Waals surface area contributed by atoms with Crippen LogP contribution >= 0.6 is 0 Å². The van der Waals surface area contributed by atoms with Gasteiger partial charge in [0.05, 0.1) is 29.6 Å². The first-order valence-electron chi connectivity index (χ1n) is 9.00. The maximum atomic E-state index is 13.2. The van der Waals surface area contributed by atoms with Crippen LogP contribution in [0.15, 0.2) is 18.2 Å². The monoisotopic (exact) mass is 377 g/mol. The summed E-state index contributed by atoms with van der Waals surface area (Å²) in [6.07, 6.45) is 0.518. The molecule has 9 nitrogen and oxygen atoms in total. The quantitative estimate of drug-likeness (QED) is 0.626. The van der Waals surface area contributed by atoms with Crippen LogP contribution in [-0.4, -0.2) is 66.2 Å². The number of carbonyl (C=O) groups is 2. The minimum Gasteiger partial charge on any atom is -0.481 e. The first kappa shape index (κ1) is 19.1. The number of nitrogens with zero attached hydrogens (tertiary/aromatic N) is 3. The third-order valence-electron chi connectivity index (χ3n) is 5.07. The Morgan fingerprint density at radius 2 is 1.96 bits per heavy atom. The van der Waals surface area contributed by atoms with Gasteiger partial charge in [-0.05, 0) is 18.4 Å². The van der Waals surface area contributed by atoms with Crippen LogP contribution in [0.4, 0.5) is 11.4 Å². The van der Waals surface area contributed by atoms with Crippen LogP contribution in [0, 0.1) is 22.0 Å². The summed E-state index contributed by atoms with van der Waals surface area (Å²) in [4.78, 5) is 39.0. The number of morpholine rings is 1. The van der Waals surface area contributed by atoms with Crippen LogP contribution < -0.4 is 4.90 Å². The molecule has 2 aliphatic heterocycles. The summed E-state index contributed by atoms with van der Waals surface area (Å²) in [6, 6.07) is 4.47. The molecular formula is C18H23N3O6. The third kappa shape index (κ3) is 4.02. The SMILES string of the molecule is CC1CC(C(=O)O)CN(C(=O)c2cccc([N+](=O)[O-])c2N2CCOCC2)C1. The first-order chi connectivity index (χ1) is 12.9. The highest BCUT2D eigenvalue weighted by atomic mass is 16.6. The number of hydrogen-bond donors (Lipinski definition) is 1. The van der Waals surface area contributed by atoms with E-state index in [-0.39, 0.29) is 29.6 Å². The molecule has 2 unspecified atom stereocenters. The summed E-state index contributed by atoms with van der Waals surface area (Å²) in [5.41, 5.74) is 0.410. The number of carboxylic acids is 1. The van der Waals surface area contributed by atoms with Gasteiger partial charge >= 0.3 is 5.97 Å². The van der Waals surface area contributed by atoms with E-state index in [1.54, 1.807) is 11.0 Å². The molecule has 1 aromatic rings. The Bertz CT molecular complexity index is 747. The van der Waals surface area contributed by atoms with Gasteiger partial charge in [-0.2, -0.15) is 0 Å². The van der Waals surface area contributed by atoms with Crippen LogP contribution in [0.2, 0.25) is 0 Å². The number of hydrogen-bond acceptors (Lipinski definition) is 6. The fourth-order valence-corrected chi connectivity index (χ4v) is 3.84. The number of carbonyl (C=O) groups excluding carboxylic acids is 1. The smallest absolute Gasteiger partial charge is 0.308 e. The number of para-hydroxylation sites is 1. The summed E-state index contributed by atoms with van der Waals surface area (Å²) in [7, 11) is 0. The van der Waals surface area contributed by atoms with Crippen molar-refractivity contribution in [1.82, 2.24) is 4.90 Å². The number of aliphatic carboxylic acids is 1. The molecule has 0 aliphatic carbocycles. The Kier molecular flexibility index (Phi) is 5.59. The number of ether oxygens (including phenoxy) is 1. The fraction of sp³-hybridized carbons (Fsp3) is 0.556. The Morgan fingerprint density at radius 3 is 2.59 bits per heavy atom. The van der Waals surface area contributed by atoms with Crippen LogP contribution in [0.1, 0.15) is 23.7 Å². The van der Waals surface area contributed by atoms with Gasteiger partial charge in [0.25, 0.3) is 11.6 Å². The molecule has 2 atom stereocenters. The predicted octanol–water partition coefficient (Wildman–Crippen LogP) is 1.61. The Morgan fingerprint density at radius 1 is 1.26 bits per heavy atom. The average molecular weight is 377 g/mol. The lowest BCUT2D eigenvalue weighted by atomic mass is 9.90. The highest BCUT2D eigenvalue weighted by Crippen LogP contribution is 2.34. The van der Waals surface area contributed by atoms with Gasteiger partial charge in [-0.15, -0.1) is 0 Å². The second-order valence-corrected chi connectivity index (χ2v) is 7.12. The summed E-state index contributed by atoms with van der Waals surface area (Å²) in [6.45, 7) is 4.24. The second-order valence-electron chi connectivity index (χ2n) is 7.12. The zero-order valence-corrected chi connectivity index (χ0v) is 15.2. The number of anilines is 1. The molecule has 0 spiro atoms. The molecule has 0 bridgehead atoms. The van der Waals surface area contributed by atoms with Crippen molar-refractivity contribution in [1.29, 1.82) is 0 Å². The minimum absolute atomic E-state index is 0.0503. The summed E-state index contributed by atoms with van der Waals surface area (Å²) in [5.74, 6) is -1.86. The number of piperidine rings is 1. The van der Waals surface area contributed by atoms with Crippen LogP contribution in [0.3, 0.4) is 0 Å². The van der Waals surface area contributed by atoms with Gasteiger partial charge in [-0.25, -0.2) is 0 Å². The normalized spacial score (nSPS) is 23.1. The number of nitro benzene ring substituents is 1. The van der Waals surface area contributed by atoms with Crippen molar-refractivity contribution in [3.63, 3.8) is 0 Å². The molecule has 1 N–H and O–H groups in total. The van der Waals surface area contributed by atoms with E-state index < -0.39 is 16.8 Å². The number of rotatable bonds is 4. The van der Waals surface area contributed by atoms with E-state index in [4.69, 9.17) is 4.74 Å². The summed E-state index contributed by atoms with van der Waals surface area (Å²) < 4.78 is 5.32. The minimum atomic E-state index is -0.924. The molecule has 2 saturated heterocycles. The molecule has 27 heavy (non-hydrogen) atoms. The lowest BCUT2D eigenvalue weighted by Crippen LogP contribution is -2.46. The number of likely N-dealkylation sites (tertiary alicyclic amines) is 1. The first-order valence-corrected chi connectivity index (χ1v) is 9.00. The molecule has 2 fully saturated rings. The van der Waals surface area contributed by atoms with Gasteiger partial charge in [-0.1, -0.05) is 13.0 Å². The fourth-order valence-electron chi connectivity index (χ4n) is 3.84. The Hall–Kier alpha value is -2.68. The summed E-state index contributed by atoms with van der Waals surface area (Å²) in [5, 5.41) is 20.9. The van der Waals surface area contributed by atoms with Crippen molar-refractivity contribution in [3.8, 4) is 0 Å². The van der Waals surface area contributed by atoms with Gasteiger partial charge in [0.2, 0.25) is 0 Å². The topological polar surface area (TPSA) is 113 Å². The van der Waals surface area contributed by atoms with Gasteiger partial charge < -0.3 is 19.6 Å². The molecule has 0 aromatic heterocycles. The van der Waals surface area contributed by atoms with E-state index in [1.165, 1.54) is 17.0 Å². The molecule has 0 radical (unpaired) electrons. The average Bonchev–Trinajstić information content (AvgIpc) is 2.66. The van der Waals surface area contributed by atoms with E-state index in [9.17, 15) is 24.8 Å². The van der Waals surface area contributed by atoms with Crippen molar-refractivity contribution in [2.75, 3.05) is 44.3 Å². The predicted molar refractivity (Wildman–Crippen MR) is 96.9 cm³/mol. The lowest BCUT2D eigenvalue weighted by Gasteiger charge is -2.36. The van der Waals surface area contributed by atoms with E-state index in [0.29, 0.717) is 45.0 Å². The number of benzene rings is 1. The molecule has 146 valence electrons. The Labute approximate surface area is 156 Å². The molecule has 9 heteroatoms. The van der Waals surface area contributed by atoms with Gasteiger partial charge in [0.1, 0.15) is 5.69 Å². The largest absolute Gasteiger partial charge is 0.481 e. The van der Waals surface area contributed by atoms with E-state index in [1.807, 2.05) is 6.92 Å². The zero-order valence-electron chi connectivity index (χ0n) is 15.2. The third-order valence-corrected chi connectivity index (χ3v) is 5.07. The van der Waals surface area contributed by atoms with E-state index >= 15 is 0 Å². The van der Waals surface area contributed by atoms with Crippen LogP contribution in [0.25, 0.3) is 0 Å². The van der Waals surface area contributed by atoms with Crippen molar-refractivity contribution in [2.24, 2.45) is 11.8 Å². The number of nitro groups is 1. The van der Waals surface area contributed by atoms with Crippen molar-refractivity contribution in [3.05, 3.63) is 33.9 Å². The number of amides is 1. The Balaban J connectivity index is 1.97.